The van der Waals surface area contributed by atoms with E-state index in [9.17, 15) is 0 Å². The smallest absolute Gasteiger partial charge is 0.225 e. The molecule has 3 aromatic heterocycles. The second-order valence-corrected chi connectivity index (χ2v) is 8.24. The van der Waals surface area contributed by atoms with Crippen LogP contribution >= 0.6 is 0 Å². The molecule has 1 aliphatic heterocycles. The molecule has 0 spiro atoms. The Kier molecular flexibility index (Phi) is 5.98. The molecule has 0 saturated carbocycles. The monoisotopic (exact) mass is 428 g/mol. The first kappa shape index (κ1) is 20.5. The van der Waals surface area contributed by atoms with Crippen LogP contribution in [-0.4, -0.2) is 46.7 Å². The fourth-order valence-electron chi connectivity index (χ4n) is 4.36. The minimum Gasteiger partial charge on any atom is -0.495 e. The van der Waals surface area contributed by atoms with Gasteiger partial charge in [-0.15, -0.1) is 0 Å². The van der Waals surface area contributed by atoms with Crippen molar-refractivity contribution in [1.29, 1.82) is 0 Å². The number of aromatic amines is 1. The third-order valence-electron chi connectivity index (χ3n) is 6.18. The molecular weight excluding hydrogens is 400 g/mol. The number of methoxy groups -OCH3 is 1. The van der Waals surface area contributed by atoms with Gasteiger partial charge in [0.15, 0.2) is 0 Å². The van der Waals surface area contributed by atoms with Gasteiger partial charge in [-0.05, 0) is 61.7 Å². The van der Waals surface area contributed by atoms with Crippen molar-refractivity contribution < 1.29 is 4.74 Å². The van der Waals surface area contributed by atoms with Crippen LogP contribution < -0.4 is 15.0 Å². The molecule has 1 fully saturated rings. The Bertz CT molecular complexity index is 1170. The number of aromatic nitrogens is 4. The maximum atomic E-state index is 5.57. The van der Waals surface area contributed by atoms with E-state index in [-0.39, 0.29) is 0 Å². The van der Waals surface area contributed by atoms with Gasteiger partial charge in [0.05, 0.1) is 18.5 Å². The number of anilines is 1. The number of piperidine rings is 1. The van der Waals surface area contributed by atoms with Gasteiger partial charge in [-0.2, -0.15) is 0 Å². The van der Waals surface area contributed by atoms with Gasteiger partial charge in [-0.3, -0.25) is 0 Å². The predicted octanol–water partition coefficient (Wildman–Crippen LogP) is 4.03. The maximum absolute atomic E-state index is 5.57. The van der Waals surface area contributed by atoms with E-state index < -0.39 is 0 Å². The molecule has 1 saturated heterocycles. The molecule has 0 bridgehead atoms. The molecule has 1 aliphatic rings. The number of hydrogen-bond acceptors (Lipinski definition) is 6. The van der Waals surface area contributed by atoms with Crippen molar-refractivity contribution in [2.75, 3.05) is 31.6 Å². The van der Waals surface area contributed by atoms with E-state index in [0.717, 1.165) is 66.6 Å². The number of fused-ring (bicyclic) bond motifs is 1. The minimum absolute atomic E-state index is 0.639. The van der Waals surface area contributed by atoms with Crippen LogP contribution in [0.3, 0.4) is 0 Å². The molecule has 7 heteroatoms. The molecule has 7 nitrogen and oxygen atoms in total. The number of rotatable bonds is 7. The van der Waals surface area contributed by atoms with Crippen LogP contribution in [0.4, 0.5) is 5.95 Å². The Labute approximate surface area is 187 Å². The third-order valence-corrected chi connectivity index (χ3v) is 6.18. The highest BCUT2D eigenvalue weighted by atomic mass is 16.5. The summed E-state index contributed by atoms with van der Waals surface area (Å²) in [7, 11) is 1.70. The Morgan fingerprint density at radius 2 is 1.94 bits per heavy atom. The molecule has 0 unspecified atom stereocenters. The second kappa shape index (κ2) is 9.36. The number of H-pyrrole nitrogens is 1. The summed E-state index contributed by atoms with van der Waals surface area (Å²) >= 11 is 0. The highest BCUT2D eigenvalue weighted by molar-refractivity contribution is 5.84. The molecule has 4 heterocycles. The topological polar surface area (TPSA) is 79.0 Å². The van der Waals surface area contributed by atoms with Crippen LogP contribution in [0.25, 0.3) is 22.2 Å². The van der Waals surface area contributed by atoms with E-state index >= 15 is 0 Å². The normalized spacial score (nSPS) is 14.7. The van der Waals surface area contributed by atoms with Gasteiger partial charge in [0.2, 0.25) is 5.95 Å². The lowest BCUT2D eigenvalue weighted by atomic mass is 9.97. The van der Waals surface area contributed by atoms with Gasteiger partial charge in [-0.1, -0.05) is 6.07 Å². The number of pyridine rings is 1. The Balaban J connectivity index is 1.20. The quantitative estimate of drug-likeness (QED) is 0.463. The average molecular weight is 429 g/mol. The first-order valence-electron chi connectivity index (χ1n) is 11.1. The van der Waals surface area contributed by atoms with Crippen molar-refractivity contribution in [3.63, 3.8) is 0 Å². The summed E-state index contributed by atoms with van der Waals surface area (Å²) in [5, 5.41) is 4.79. The van der Waals surface area contributed by atoms with Crippen molar-refractivity contribution >= 4 is 16.9 Å². The Hall–Kier alpha value is -3.45. The first-order valence-corrected chi connectivity index (χ1v) is 11.1. The van der Waals surface area contributed by atoms with Crippen molar-refractivity contribution in [2.24, 2.45) is 5.92 Å². The van der Waals surface area contributed by atoms with Gasteiger partial charge in [0.25, 0.3) is 0 Å². The van der Waals surface area contributed by atoms with Gasteiger partial charge >= 0.3 is 0 Å². The van der Waals surface area contributed by atoms with E-state index in [2.05, 4.69) is 49.4 Å². The van der Waals surface area contributed by atoms with Crippen molar-refractivity contribution in [3.8, 4) is 17.0 Å². The summed E-state index contributed by atoms with van der Waals surface area (Å²) in [4.78, 5) is 19.2. The zero-order chi connectivity index (χ0) is 21.8. The molecule has 0 amide bonds. The van der Waals surface area contributed by atoms with E-state index in [1.165, 1.54) is 5.39 Å². The fourth-order valence-corrected chi connectivity index (χ4v) is 4.36. The number of nitrogens with zero attached hydrogens (tertiary/aromatic N) is 4. The SMILES string of the molecule is COc1ccc(-c2ccc3[nH]ccc3c2)nc1CNCC1CCN(c2ncccn2)CC1. The third kappa shape index (κ3) is 4.43. The molecule has 0 aliphatic carbocycles. The van der Waals surface area contributed by atoms with E-state index in [1.54, 1.807) is 19.5 Å². The predicted molar refractivity (Wildman–Crippen MR) is 127 cm³/mol. The van der Waals surface area contributed by atoms with Gasteiger partial charge < -0.3 is 19.9 Å². The number of ether oxygens (including phenoxy) is 1. The molecule has 0 radical (unpaired) electrons. The average Bonchev–Trinajstić information content (AvgIpc) is 3.33. The van der Waals surface area contributed by atoms with Crippen LogP contribution in [-0.2, 0) is 6.54 Å². The molecule has 5 rings (SSSR count). The highest BCUT2D eigenvalue weighted by Gasteiger charge is 2.20. The van der Waals surface area contributed by atoms with Gasteiger partial charge in [-0.25, -0.2) is 15.0 Å². The summed E-state index contributed by atoms with van der Waals surface area (Å²) < 4.78 is 5.57. The van der Waals surface area contributed by atoms with E-state index in [4.69, 9.17) is 9.72 Å². The summed E-state index contributed by atoms with van der Waals surface area (Å²) in [5.41, 5.74) is 4.14. The van der Waals surface area contributed by atoms with Crippen molar-refractivity contribution in [3.05, 3.63) is 66.7 Å². The van der Waals surface area contributed by atoms with Crippen LogP contribution in [0, 0.1) is 5.92 Å². The Morgan fingerprint density at radius 1 is 1.09 bits per heavy atom. The Morgan fingerprint density at radius 3 is 2.75 bits per heavy atom. The first-order chi connectivity index (χ1) is 15.8. The van der Waals surface area contributed by atoms with E-state index in [1.807, 2.05) is 24.4 Å². The number of nitrogens with one attached hydrogen (secondary N) is 2. The molecule has 1 aromatic carbocycles. The fraction of sp³-hybridized carbons (Fsp3) is 0.320. The highest BCUT2D eigenvalue weighted by Crippen LogP contribution is 2.26. The van der Waals surface area contributed by atoms with Gasteiger partial charge in [0, 0.05) is 54.7 Å². The van der Waals surface area contributed by atoms with Crippen molar-refractivity contribution in [2.45, 2.75) is 19.4 Å². The maximum Gasteiger partial charge on any atom is 0.225 e. The summed E-state index contributed by atoms with van der Waals surface area (Å²) in [6.07, 6.45) is 7.84. The molecule has 4 aromatic rings. The minimum atomic E-state index is 0.639. The van der Waals surface area contributed by atoms with Crippen LogP contribution in [0.1, 0.15) is 18.5 Å². The van der Waals surface area contributed by atoms with Gasteiger partial charge in [0.1, 0.15) is 5.75 Å². The zero-order valence-corrected chi connectivity index (χ0v) is 18.3. The number of benzene rings is 1. The van der Waals surface area contributed by atoms with Crippen LogP contribution in [0.15, 0.2) is 61.1 Å². The molecular formula is C25H28N6O. The van der Waals surface area contributed by atoms with Crippen molar-refractivity contribution in [1.82, 2.24) is 25.3 Å². The second-order valence-electron chi connectivity index (χ2n) is 8.24. The van der Waals surface area contributed by atoms with E-state index in [0.29, 0.717) is 12.5 Å². The van der Waals surface area contributed by atoms with Crippen LogP contribution in [0.5, 0.6) is 5.75 Å². The largest absolute Gasteiger partial charge is 0.495 e. The molecule has 0 atom stereocenters. The molecule has 2 N–H and O–H groups in total. The molecule has 164 valence electrons. The summed E-state index contributed by atoms with van der Waals surface area (Å²) in [6.45, 7) is 3.64. The lowest BCUT2D eigenvalue weighted by Gasteiger charge is -2.32. The summed E-state index contributed by atoms with van der Waals surface area (Å²) in [6, 6.07) is 14.4. The van der Waals surface area contributed by atoms with Crippen LogP contribution in [0.2, 0.25) is 0 Å². The standard InChI is InChI=1S/C25H28N6O/c1-32-24-6-5-22(19-3-4-21-20(15-19)7-12-27-21)30-23(24)17-26-16-18-8-13-31(14-9-18)25-28-10-2-11-29-25/h2-7,10-12,15,18,26-27H,8-9,13-14,16-17H2,1H3. The number of hydrogen-bond donors (Lipinski definition) is 2. The molecule has 32 heavy (non-hydrogen) atoms. The summed E-state index contributed by atoms with van der Waals surface area (Å²) in [5.74, 6) is 2.29. The zero-order valence-electron chi connectivity index (χ0n) is 18.3. The lowest BCUT2D eigenvalue weighted by molar-refractivity contribution is 0.373. The lowest BCUT2D eigenvalue weighted by Crippen LogP contribution is -2.38.